The van der Waals surface area contributed by atoms with Crippen LogP contribution in [0.4, 0.5) is 4.39 Å². The van der Waals surface area contributed by atoms with E-state index < -0.39 is 5.82 Å². The van der Waals surface area contributed by atoms with E-state index in [9.17, 15) is 9.18 Å². The van der Waals surface area contributed by atoms with Gasteiger partial charge in [-0.15, -0.1) is 0 Å². The molecule has 0 aromatic carbocycles. The molecule has 98 valence electrons. The molecule has 0 spiro atoms. The Morgan fingerprint density at radius 1 is 1.39 bits per heavy atom. The van der Waals surface area contributed by atoms with Crippen molar-refractivity contribution in [3.05, 3.63) is 29.8 Å². The van der Waals surface area contributed by atoms with Gasteiger partial charge in [-0.05, 0) is 6.07 Å². The number of rotatable bonds is 3. The molecule has 0 radical (unpaired) electrons. The molecule has 5 nitrogen and oxygen atoms in total. The Labute approximate surface area is 105 Å². The van der Waals surface area contributed by atoms with Crippen molar-refractivity contribution in [1.82, 2.24) is 9.88 Å². The van der Waals surface area contributed by atoms with E-state index in [1.54, 1.807) is 14.2 Å². The number of halogens is 1. The number of amides is 1. The highest BCUT2D eigenvalue weighted by Gasteiger charge is 2.36. The quantitative estimate of drug-likeness (QED) is 0.797. The van der Waals surface area contributed by atoms with Crippen LogP contribution < -0.4 is 0 Å². The van der Waals surface area contributed by atoms with Gasteiger partial charge >= 0.3 is 0 Å². The van der Waals surface area contributed by atoms with Gasteiger partial charge in [0.1, 0.15) is 12.2 Å². The number of hydrogen-bond acceptors (Lipinski definition) is 4. The van der Waals surface area contributed by atoms with Gasteiger partial charge in [-0.3, -0.25) is 9.78 Å². The zero-order valence-corrected chi connectivity index (χ0v) is 10.3. The summed E-state index contributed by atoms with van der Waals surface area (Å²) in [5, 5.41) is 0. The molecule has 2 unspecified atom stereocenters. The molecule has 1 aromatic heterocycles. The average Bonchev–Trinajstić information content (AvgIpc) is 2.81. The molecule has 1 saturated heterocycles. The second-order valence-corrected chi connectivity index (χ2v) is 4.11. The third kappa shape index (κ3) is 2.34. The molecule has 1 aliphatic heterocycles. The van der Waals surface area contributed by atoms with E-state index in [2.05, 4.69) is 4.98 Å². The maximum absolute atomic E-state index is 13.5. The van der Waals surface area contributed by atoms with E-state index in [1.807, 2.05) is 0 Å². The fourth-order valence-electron chi connectivity index (χ4n) is 2.08. The zero-order valence-electron chi connectivity index (χ0n) is 10.3. The minimum atomic E-state index is -0.614. The largest absolute Gasteiger partial charge is 0.377 e. The van der Waals surface area contributed by atoms with Crippen LogP contribution in [0.2, 0.25) is 0 Å². The Morgan fingerprint density at radius 2 is 2.00 bits per heavy atom. The fourth-order valence-corrected chi connectivity index (χ4v) is 2.08. The first kappa shape index (κ1) is 12.9. The van der Waals surface area contributed by atoms with Gasteiger partial charge in [-0.2, -0.15) is 0 Å². The van der Waals surface area contributed by atoms with Gasteiger partial charge < -0.3 is 14.4 Å². The van der Waals surface area contributed by atoms with Crippen LogP contribution in [0.25, 0.3) is 0 Å². The summed E-state index contributed by atoms with van der Waals surface area (Å²) in [4.78, 5) is 17.3. The number of hydrogen-bond donors (Lipinski definition) is 0. The van der Waals surface area contributed by atoms with Crippen molar-refractivity contribution in [3.8, 4) is 0 Å². The molecule has 0 bridgehead atoms. The number of aromatic nitrogens is 1. The lowest BCUT2D eigenvalue weighted by Gasteiger charge is -2.15. The topological polar surface area (TPSA) is 51.7 Å². The van der Waals surface area contributed by atoms with Crippen molar-refractivity contribution >= 4 is 5.91 Å². The second-order valence-electron chi connectivity index (χ2n) is 4.11. The van der Waals surface area contributed by atoms with Crippen LogP contribution >= 0.6 is 0 Å². The molecular weight excluding hydrogens is 239 g/mol. The van der Waals surface area contributed by atoms with E-state index in [-0.39, 0.29) is 23.7 Å². The minimum absolute atomic E-state index is 0.0246. The molecule has 1 fully saturated rings. The van der Waals surface area contributed by atoms with Crippen molar-refractivity contribution in [3.63, 3.8) is 0 Å². The monoisotopic (exact) mass is 254 g/mol. The Hall–Kier alpha value is -1.53. The molecule has 0 saturated carbocycles. The van der Waals surface area contributed by atoms with Crippen LogP contribution in [-0.2, 0) is 9.47 Å². The molecule has 6 heteroatoms. The highest BCUT2D eigenvalue weighted by atomic mass is 19.1. The smallest absolute Gasteiger partial charge is 0.257 e. The first-order valence-electron chi connectivity index (χ1n) is 5.61. The molecule has 2 rings (SSSR count). The average molecular weight is 254 g/mol. The van der Waals surface area contributed by atoms with Crippen LogP contribution in [0.5, 0.6) is 0 Å². The van der Waals surface area contributed by atoms with Gasteiger partial charge in [0, 0.05) is 33.5 Å². The van der Waals surface area contributed by atoms with Crippen LogP contribution in [0.1, 0.15) is 10.4 Å². The van der Waals surface area contributed by atoms with Gasteiger partial charge in [0.25, 0.3) is 5.91 Å². The number of nitrogens with zero attached hydrogens (tertiary/aromatic N) is 2. The summed E-state index contributed by atoms with van der Waals surface area (Å²) in [6.45, 7) is 0.797. The normalized spacial score (nSPS) is 23.4. The maximum atomic E-state index is 13.5. The number of pyridine rings is 1. The Morgan fingerprint density at radius 3 is 2.50 bits per heavy atom. The number of likely N-dealkylation sites (tertiary alicyclic amines) is 1. The standard InChI is InChI=1S/C12H15FN2O3/c1-17-10-6-15(7-11(10)18-2)12(16)8-3-4-14-5-9(8)13/h3-5,10-11H,6-7H2,1-2H3. The van der Waals surface area contributed by atoms with Gasteiger partial charge in [0.2, 0.25) is 0 Å². The van der Waals surface area contributed by atoms with Crippen LogP contribution in [0.3, 0.4) is 0 Å². The van der Waals surface area contributed by atoms with Gasteiger partial charge in [0.15, 0.2) is 5.82 Å². The number of methoxy groups -OCH3 is 2. The number of carbonyl (C=O) groups excluding carboxylic acids is 1. The van der Waals surface area contributed by atoms with Crippen molar-refractivity contribution in [2.45, 2.75) is 12.2 Å². The van der Waals surface area contributed by atoms with Crippen molar-refractivity contribution in [2.75, 3.05) is 27.3 Å². The van der Waals surface area contributed by atoms with E-state index >= 15 is 0 Å². The first-order valence-corrected chi connectivity index (χ1v) is 5.61. The number of carbonyl (C=O) groups is 1. The molecule has 0 N–H and O–H groups in total. The van der Waals surface area contributed by atoms with Gasteiger partial charge in [-0.25, -0.2) is 4.39 Å². The molecular formula is C12H15FN2O3. The highest BCUT2D eigenvalue weighted by Crippen LogP contribution is 2.19. The van der Waals surface area contributed by atoms with Gasteiger partial charge in [0.05, 0.1) is 11.8 Å². The molecule has 2 atom stereocenters. The summed E-state index contributed by atoms with van der Waals surface area (Å²) >= 11 is 0. The summed E-state index contributed by atoms with van der Waals surface area (Å²) in [5.41, 5.74) is 0.0246. The van der Waals surface area contributed by atoms with E-state index in [0.717, 1.165) is 6.20 Å². The SMILES string of the molecule is COC1CN(C(=O)c2ccncc2F)CC1OC. The molecule has 1 aromatic rings. The molecule has 1 amide bonds. The van der Waals surface area contributed by atoms with E-state index in [4.69, 9.17) is 9.47 Å². The van der Waals surface area contributed by atoms with Crippen LogP contribution in [-0.4, -0.2) is 55.3 Å². The molecule has 1 aliphatic rings. The molecule has 18 heavy (non-hydrogen) atoms. The zero-order chi connectivity index (χ0) is 13.1. The lowest BCUT2D eigenvalue weighted by molar-refractivity contribution is -0.00461. The predicted molar refractivity (Wildman–Crippen MR) is 61.7 cm³/mol. The molecule has 2 heterocycles. The van der Waals surface area contributed by atoms with Crippen LogP contribution in [0, 0.1) is 5.82 Å². The van der Waals surface area contributed by atoms with Crippen molar-refractivity contribution in [1.29, 1.82) is 0 Å². The molecule has 0 aliphatic carbocycles. The minimum Gasteiger partial charge on any atom is -0.377 e. The Kier molecular flexibility index (Phi) is 3.88. The summed E-state index contributed by atoms with van der Waals surface area (Å²) in [7, 11) is 3.13. The Balaban J connectivity index is 2.14. The highest BCUT2D eigenvalue weighted by molar-refractivity contribution is 5.94. The van der Waals surface area contributed by atoms with Crippen LogP contribution in [0.15, 0.2) is 18.5 Å². The van der Waals surface area contributed by atoms with Crippen molar-refractivity contribution in [2.24, 2.45) is 0 Å². The summed E-state index contributed by atoms with van der Waals surface area (Å²) < 4.78 is 24.0. The maximum Gasteiger partial charge on any atom is 0.257 e. The predicted octanol–water partition coefficient (Wildman–Crippen LogP) is 0.706. The third-order valence-corrected chi connectivity index (χ3v) is 3.11. The lowest BCUT2D eigenvalue weighted by atomic mass is 10.2. The fraction of sp³-hybridized carbons (Fsp3) is 0.500. The Bertz CT molecular complexity index is 429. The van der Waals surface area contributed by atoms with Crippen molar-refractivity contribution < 1.29 is 18.7 Å². The summed E-state index contributed by atoms with van der Waals surface area (Å²) in [6, 6.07) is 1.37. The summed E-state index contributed by atoms with van der Waals surface area (Å²) in [6.07, 6.45) is 2.08. The van der Waals surface area contributed by atoms with Gasteiger partial charge in [-0.1, -0.05) is 0 Å². The second kappa shape index (κ2) is 5.41. The third-order valence-electron chi connectivity index (χ3n) is 3.11. The van der Waals surface area contributed by atoms with E-state index in [0.29, 0.717) is 13.1 Å². The number of ether oxygens (including phenoxy) is 2. The van der Waals surface area contributed by atoms with E-state index in [1.165, 1.54) is 17.2 Å². The lowest BCUT2D eigenvalue weighted by Crippen LogP contribution is -2.30. The summed E-state index contributed by atoms with van der Waals surface area (Å²) in [5.74, 6) is -0.978. The first-order chi connectivity index (χ1) is 8.67.